The molecule has 11 heavy (non-hydrogen) atoms. The Balaban J connectivity index is 4.05. The summed E-state index contributed by atoms with van der Waals surface area (Å²) in [6.07, 6.45) is 4.74. The van der Waals surface area contributed by atoms with Crippen molar-refractivity contribution in [1.29, 1.82) is 0 Å². The number of sulfonamides is 1. The molecule has 0 rings (SSSR count). The first-order valence-corrected chi connectivity index (χ1v) is 4.26. The first-order valence-electron chi connectivity index (χ1n) is 2.60. The van der Waals surface area contributed by atoms with Crippen molar-refractivity contribution >= 4 is 16.0 Å². The molecule has 0 aliphatic rings. The van der Waals surface area contributed by atoms with E-state index in [9.17, 15) is 13.2 Å². The SMILES string of the molecule is C#CCNS(=O)(=O)CC(=O)O. The molecule has 0 fully saturated rings. The molecule has 0 bridgehead atoms. The highest BCUT2D eigenvalue weighted by atomic mass is 32.2. The highest BCUT2D eigenvalue weighted by Crippen LogP contribution is 1.81. The lowest BCUT2D eigenvalue weighted by molar-refractivity contribution is -0.134. The highest BCUT2D eigenvalue weighted by Gasteiger charge is 2.13. The molecule has 0 amide bonds. The molecule has 6 heteroatoms. The average molecular weight is 177 g/mol. The highest BCUT2D eigenvalue weighted by molar-refractivity contribution is 7.90. The third-order valence-corrected chi connectivity index (χ3v) is 1.92. The van der Waals surface area contributed by atoms with E-state index in [0.29, 0.717) is 0 Å². The molecule has 0 atom stereocenters. The summed E-state index contributed by atoms with van der Waals surface area (Å²) in [5.41, 5.74) is 0. The Morgan fingerprint density at radius 1 is 1.64 bits per heavy atom. The molecular weight excluding hydrogens is 170 g/mol. The van der Waals surface area contributed by atoms with E-state index in [1.54, 1.807) is 0 Å². The minimum absolute atomic E-state index is 0.185. The lowest BCUT2D eigenvalue weighted by Crippen LogP contribution is -2.30. The Morgan fingerprint density at radius 3 is 2.55 bits per heavy atom. The Bertz CT molecular complexity index is 273. The lowest BCUT2D eigenvalue weighted by Gasteiger charge is -1.98. The van der Waals surface area contributed by atoms with Gasteiger partial charge in [-0.15, -0.1) is 6.42 Å². The van der Waals surface area contributed by atoms with Crippen LogP contribution in [-0.4, -0.2) is 31.8 Å². The molecule has 62 valence electrons. The third kappa shape index (κ3) is 5.39. The average Bonchev–Trinajstić information content (AvgIpc) is 1.81. The van der Waals surface area contributed by atoms with Crippen molar-refractivity contribution in [2.24, 2.45) is 0 Å². The van der Waals surface area contributed by atoms with Crippen LogP contribution in [0.25, 0.3) is 0 Å². The van der Waals surface area contributed by atoms with Crippen molar-refractivity contribution in [3.63, 3.8) is 0 Å². The summed E-state index contributed by atoms with van der Waals surface area (Å²) in [5, 5.41) is 8.08. The van der Waals surface area contributed by atoms with E-state index in [-0.39, 0.29) is 6.54 Å². The van der Waals surface area contributed by atoms with Crippen LogP contribution in [0.15, 0.2) is 0 Å². The van der Waals surface area contributed by atoms with E-state index in [1.165, 1.54) is 0 Å². The molecule has 0 aromatic heterocycles. The fraction of sp³-hybridized carbons (Fsp3) is 0.400. The van der Waals surface area contributed by atoms with Crippen LogP contribution in [0.3, 0.4) is 0 Å². The van der Waals surface area contributed by atoms with Gasteiger partial charge in [0.05, 0.1) is 6.54 Å². The Kier molecular flexibility index (Phi) is 3.57. The number of carboxylic acid groups (broad SMARTS) is 1. The van der Waals surface area contributed by atoms with Crippen LogP contribution in [0.4, 0.5) is 0 Å². The minimum atomic E-state index is -3.74. The van der Waals surface area contributed by atoms with Crippen LogP contribution in [-0.2, 0) is 14.8 Å². The maximum Gasteiger partial charge on any atom is 0.320 e. The largest absolute Gasteiger partial charge is 0.480 e. The fourth-order valence-corrected chi connectivity index (χ4v) is 1.10. The first kappa shape index (κ1) is 9.94. The van der Waals surface area contributed by atoms with Gasteiger partial charge in [-0.25, -0.2) is 13.1 Å². The summed E-state index contributed by atoms with van der Waals surface area (Å²) in [6.45, 7) is -0.185. The van der Waals surface area contributed by atoms with Gasteiger partial charge in [0, 0.05) is 0 Å². The molecule has 0 saturated heterocycles. The first-order chi connectivity index (χ1) is 4.98. The second-order valence-electron chi connectivity index (χ2n) is 1.68. The van der Waals surface area contributed by atoms with Crippen molar-refractivity contribution in [2.45, 2.75) is 0 Å². The van der Waals surface area contributed by atoms with E-state index in [2.05, 4.69) is 0 Å². The number of hydrogen-bond donors (Lipinski definition) is 2. The van der Waals surface area contributed by atoms with Crippen LogP contribution in [0, 0.1) is 12.3 Å². The van der Waals surface area contributed by atoms with Gasteiger partial charge in [-0.05, 0) is 0 Å². The molecule has 5 nitrogen and oxygen atoms in total. The molecule has 0 heterocycles. The minimum Gasteiger partial charge on any atom is -0.480 e. The van der Waals surface area contributed by atoms with Gasteiger partial charge in [0.15, 0.2) is 5.75 Å². The van der Waals surface area contributed by atoms with Crippen molar-refractivity contribution in [2.75, 3.05) is 12.3 Å². The van der Waals surface area contributed by atoms with Gasteiger partial charge < -0.3 is 5.11 Å². The van der Waals surface area contributed by atoms with E-state index in [1.807, 2.05) is 10.6 Å². The zero-order chi connectivity index (χ0) is 8.91. The summed E-state index contributed by atoms with van der Waals surface area (Å²) >= 11 is 0. The van der Waals surface area contributed by atoms with E-state index >= 15 is 0 Å². The number of terminal acetylenes is 1. The van der Waals surface area contributed by atoms with E-state index < -0.39 is 21.7 Å². The van der Waals surface area contributed by atoms with Gasteiger partial charge in [-0.1, -0.05) is 5.92 Å². The molecule has 0 unspecified atom stereocenters. The topological polar surface area (TPSA) is 83.5 Å². The van der Waals surface area contributed by atoms with Crippen LogP contribution >= 0.6 is 0 Å². The van der Waals surface area contributed by atoms with Gasteiger partial charge in [0.25, 0.3) is 0 Å². The second kappa shape index (κ2) is 3.95. The summed E-state index contributed by atoms with van der Waals surface area (Å²) in [5.74, 6) is -0.344. The molecule has 0 aliphatic carbocycles. The standard InChI is InChI=1S/C5H7NO4S/c1-2-3-6-11(9,10)4-5(7)8/h1,6H,3-4H2,(H,7,8). The number of aliphatic carboxylic acids is 1. The predicted molar refractivity (Wildman–Crippen MR) is 38.3 cm³/mol. The Labute approximate surface area is 64.5 Å². The maximum atomic E-state index is 10.6. The molecule has 0 aliphatic heterocycles. The van der Waals surface area contributed by atoms with E-state index in [4.69, 9.17) is 11.5 Å². The van der Waals surface area contributed by atoms with Crippen molar-refractivity contribution in [3.8, 4) is 12.3 Å². The summed E-state index contributed by atoms with van der Waals surface area (Å²) in [4.78, 5) is 9.91. The zero-order valence-corrected chi connectivity index (χ0v) is 6.39. The third-order valence-electron chi connectivity index (χ3n) is 0.708. The second-order valence-corrected chi connectivity index (χ2v) is 3.48. The number of rotatable bonds is 4. The molecular formula is C5H7NO4S. The van der Waals surface area contributed by atoms with Gasteiger partial charge in [-0.3, -0.25) is 4.79 Å². The number of nitrogens with one attached hydrogen (secondary N) is 1. The van der Waals surface area contributed by atoms with Gasteiger partial charge in [-0.2, -0.15) is 0 Å². The van der Waals surface area contributed by atoms with Crippen molar-refractivity contribution < 1.29 is 18.3 Å². The molecule has 2 N–H and O–H groups in total. The molecule has 0 aromatic carbocycles. The summed E-state index contributed by atoms with van der Waals surface area (Å²) < 4.78 is 23.1. The summed E-state index contributed by atoms with van der Waals surface area (Å²) in [7, 11) is -3.74. The van der Waals surface area contributed by atoms with Crippen molar-refractivity contribution in [3.05, 3.63) is 0 Å². The smallest absolute Gasteiger partial charge is 0.320 e. The van der Waals surface area contributed by atoms with Crippen LogP contribution in [0.1, 0.15) is 0 Å². The quantitative estimate of drug-likeness (QED) is 0.518. The normalized spacial score (nSPS) is 10.5. The van der Waals surface area contributed by atoms with E-state index in [0.717, 1.165) is 0 Å². The molecule has 0 saturated carbocycles. The van der Waals surface area contributed by atoms with Crippen LogP contribution in [0.5, 0.6) is 0 Å². The van der Waals surface area contributed by atoms with Gasteiger partial charge in [0.1, 0.15) is 0 Å². The molecule has 0 spiro atoms. The van der Waals surface area contributed by atoms with Crippen LogP contribution < -0.4 is 4.72 Å². The summed E-state index contributed by atoms with van der Waals surface area (Å²) in [6, 6.07) is 0. The number of hydrogen-bond acceptors (Lipinski definition) is 3. The number of carboxylic acids is 1. The predicted octanol–water partition coefficient (Wildman–Crippen LogP) is -1.38. The maximum absolute atomic E-state index is 10.6. The monoisotopic (exact) mass is 177 g/mol. The van der Waals surface area contributed by atoms with Gasteiger partial charge in [0.2, 0.25) is 10.0 Å². The Hall–Kier alpha value is -1.06. The molecule has 0 radical (unpaired) electrons. The van der Waals surface area contributed by atoms with Crippen molar-refractivity contribution in [1.82, 2.24) is 4.72 Å². The fourth-order valence-electron chi connectivity index (χ4n) is 0.365. The Morgan fingerprint density at radius 2 is 2.18 bits per heavy atom. The van der Waals surface area contributed by atoms with Gasteiger partial charge >= 0.3 is 5.97 Å². The van der Waals surface area contributed by atoms with Crippen LogP contribution in [0.2, 0.25) is 0 Å². The number of carbonyl (C=O) groups is 1. The molecule has 0 aromatic rings. The zero-order valence-electron chi connectivity index (χ0n) is 5.57. The lowest BCUT2D eigenvalue weighted by atomic mass is 10.7.